The molecule has 1 aromatic rings. The van der Waals surface area contributed by atoms with Crippen LogP contribution in [-0.4, -0.2) is 28.2 Å². The SMILES string of the molecule is CC1CCN(C(O)(O)c2ccc(C#N)cc2)CC1. The summed E-state index contributed by atoms with van der Waals surface area (Å²) in [6.07, 6.45) is 1.94. The highest BCUT2D eigenvalue weighted by Gasteiger charge is 2.35. The van der Waals surface area contributed by atoms with Gasteiger partial charge in [0, 0.05) is 18.7 Å². The molecule has 2 rings (SSSR count). The first-order valence-corrected chi connectivity index (χ1v) is 6.24. The maximum atomic E-state index is 10.3. The predicted octanol–water partition coefficient (Wildman–Crippen LogP) is 1.39. The fourth-order valence-electron chi connectivity index (χ4n) is 2.27. The van der Waals surface area contributed by atoms with E-state index in [1.54, 1.807) is 29.2 Å². The molecule has 0 spiro atoms. The molecule has 96 valence electrons. The molecule has 1 aliphatic heterocycles. The zero-order chi connectivity index (χ0) is 13.2. The van der Waals surface area contributed by atoms with Crippen molar-refractivity contribution >= 4 is 0 Å². The van der Waals surface area contributed by atoms with Gasteiger partial charge in [0.05, 0.1) is 11.6 Å². The van der Waals surface area contributed by atoms with Gasteiger partial charge in [-0.3, -0.25) is 0 Å². The zero-order valence-corrected chi connectivity index (χ0v) is 10.5. The van der Waals surface area contributed by atoms with Crippen molar-refractivity contribution in [2.75, 3.05) is 13.1 Å². The zero-order valence-electron chi connectivity index (χ0n) is 10.5. The summed E-state index contributed by atoms with van der Waals surface area (Å²) in [4.78, 5) is 1.67. The third-order valence-electron chi connectivity index (χ3n) is 3.63. The number of nitrogens with zero attached hydrogens (tertiary/aromatic N) is 2. The Hall–Kier alpha value is -1.41. The van der Waals surface area contributed by atoms with Gasteiger partial charge < -0.3 is 10.2 Å². The van der Waals surface area contributed by atoms with Crippen LogP contribution in [0.2, 0.25) is 0 Å². The number of hydrogen-bond acceptors (Lipinski definition) is 4. The summed E-state index contributed by atoms with van der Waals surface area (Å²) in [6.45, 7) is 3.53. The largest absolute Gasteiger partial charge is 0.349 e. The van der Waals surface area contributed by atoms with Crippen LogP contribution in [0.5, 0.6) is 0 Å². The molecule has 0 radical (unpaired) electrons. The molecule has 1 heterocycles. The highest BCUT2D eigenvalue weighted by Crippen LogP contribution is 2.28. The Kier molecular flexibility index (Phi) is 3.67. The van der Waals surface area contributed by atoms with Gasteiger partial charge in [0.15, 0.2) is 0 Å². The van der Waals surface area contributed by atoms with Gasteiger partial charge in [-0.25, -0.2) is 4.90 Å². The Morgan fingerprint density at radius 3 is 2.28 bits per heavy atom. The molecule has 0 atom stereocenters. The maximum Gasteiger partial charge on any atom is 0.253 e. The molecule has 0 unspecified atom stereocenters. The van der Waals surface area contributed by atoms with Gasteiger partial charge in [-0.2, -0.15) is 5.26 Å². The van der Waals surface area contributed by atoms with E-state index in [4.69, 9.17) is 5.26 Å². The molecule has 18 heavy (non-hydrogen) atoms. The number of benzene rings is 1. The summed E-state index contributed by atoms with van der Waals surface area (Å²) >= 11 is 0. The molecular weight excluding hydrogens is 228 g/mol. The third-order valence-corrected chi connectivity index (χ3v) is 3.63. The lowest BCUT2D eigenvalue weighted by molar-refractivity contribution is -0.280. The summed E-state index contributed by atoms with van der Waals surface area (Å²) in [5, 5.41) is 29.2. The molecule has 4 nitrogen and oxygen atoms in total. The van der Waals surface area contributed by atoms with E-state index in [-0.39, 0.29) is 0 Å². The lowest BCUT2D eigenvalue weighted by Gasteiger charge is -2.39. The number of hydrogen-bond donors (Lipinski definition) is 2. The van der Waals surface area contributed by atoms with Gasteiger partial charge in [0.25, 0.3) is 5.91 Å². The molecular formula is C14H18N2O2. The molecule has 4 heteroatoms. The van der Waals surface area contributed by atoms with Crippen molar-refractivity contribution in [3.63, 3.8) is 0 Å². The van der Waals surface area contributed by atoms with Gasteiger partial charge in [0.1, 0.15) is 0 Å². The van der Waals surface area contributed by atoms with Crippen molar-refractivity contribution in [3.8, 4) is 6.07 Å². The van der Waals surface area contributed by atoms with Gasteiger partial charge in [-0.05, 0) is 30.9 Å². The third kappa shape index (κ3) is 2.54. The lowest BCUT2D eigenvalue weighted by Crippen LogP contribution is -2.49. The molecule has 0 aromatic heterocycles. The van der Waals surface area contributed by atoms with Crippen LogP contribution in [-0.2, 0) is 5.91 Å². The van der Waals surface area contributed by atoms with Crippen LogP contribution in [0.15, 0.2) is 24.3 Å². The Balaban J connectivity index is 2.16. The number of aliphatic hydroxyl groups is 2. The highest BCUT2D eigenvalue weighted by molar-refractivity contribution is 5.33. The summed E-state index contributed by atoms with van der Waals surface area (Å²) in [5.74, 6) is -1.30. The van der Waals surface area contributed by atoms with Crippen LogP contribution in [0, 0.1) is 17.2 Å². The van der Waals surface area contributed by atoms with Crippen molar-refractivity contribution in [2.24, 2.45) is 5.92 Å². The van der Waals surface area contributed by atoms with E-state index in [1.165, 1.54) is 0 Å². The minimum Gasteiger partial charge on any atom is -0.349 e. The van der Waals surface area contributed by atoms with Crippen molar-refractivity contribution in [1.82, 2.24) is 4.90 Å². The van der Waals surface area contributed by atoms with Gasteiger partial charge >= 0.3 is 0 Å². The average molecular weight is 246 g/mol. The standard InChI is InChI=1S/C14H18N2O2/c1-11-6-8-16(9-7-11)14(17,18)13-4-2-12(10-15)3-5-13/h2-5,11,17-18H,6-9H2,1H3. The number of likely N-dealkylation sites (tertiary alicyclic amines) is 1. The fourth-order valence-corrected chi connectivity index (χ4v) is 2.27. The topological polar surface area (TPSA) is 67.5 Å². The predicted molar refractivity (Wildman–Crippen MR) is 67.2 cm³/mol. The van der Waals surface area contributed by atoms with E-state index >= 15 is 0 Å². The number of nitriles is 1. The van der Waals surface area contributed by atoms with E-state index in [2.05, 4.69) is 6.92 Å². The fraction of sp³-hybridized carbons (Fsp3) is 0.500. The van der Waals surface area contributed by atoms with Crippen LogP contribution < -0.4 is 0 Å². The molecule has 1 aliphatic rings. The molecule has 0 bridgehead atoms. The van der Waals surface area contributed by atoms with Crippen LogP contribution in [0.3, 0.4) is 0 Å². The molecule has 1 fully saturated rings. The minimum absolute atomic E-state index is 0.413. The highest BCUT2D eigenvalue weighted by atomic mass is 16.5. The molecule has 0 saturated carbocycles. The van der Waals surface area contributed by atoms with Crippen molar-refractivity contribution < 1.29 is 10.2 Å². The van der Waals surface area contributed by atoms with Crippen molar-refractivity contribution in [3.05, 3.63) is 35.4 Å². The van der Waals surface area contributed by atoms with Crippen molar-refractivity contribution in [1.29, 1.82) is 5.26 Å². The Labute approximate surface area is 107 Å². The Morgan fingerprint density at radius 2 is 1.78 bits per heavy atom. The first kappa shape index (κ1) is 13.0. The van der Waals surface area contributed by atoms with Crippen molar-refractivity contribution in [2.45, 2.75) is 25.7 Å². The van der Waals surface area contributed by atoms with E-state index < -0.39 is 5.91 Å². The summed E-state index contributed by atoms with van der Waals surface area (Å²) in [6, 6.07) is 8.40. The van der Waals surface area contributed by atoms with Gasteiger partial charge in [0.2, 0.25) is 0 Å². The van der Waals surface area contributed by atoms with Crippen LogP contribution in [0.25, 0.3) is 0 Å². The second kappa shape index (κ2) is 5.07. The summed E-state index contributed by atoms with van der Waals surface area (Å²) < 4.78 is 0. The first-order valence-electron chi connectivity index (χ1n) is 6.24. The quantitative estimate of drug-likeness (QED) is 0.774. The second-order valence-electron chi connectivity index (χ2n) is 4.99. The smallest absolute Gasteiger partial charge is 0.253 e. The van der Waals surface area contributed by atoms with Gasteiger partial charge in [-0.1, -0.05) is 19.1 Å². The number of piperidine rings is 1. The lowest BCUT2D eigenvalue weighted by atomic mass is 9.97. The summed E-state index contributed by atoms with van der Waals surface area (Å²) in [7, 11) is 0. The first-order chi connectivity index (χ1) is 8.54. The normalized spacial score (nSPS) is 18.6. The average Bonchev–Trinajstić information content (AvgIpc) is 2.39. The monoisotopic (exact) mass is 246 g/mol. The van der Waals surface area contributed by atoms with E-state index in [1.807, 2.05) is 6.07 Å². The maximum absolute atomic E-state index is 10.3. The minimum atomic E-state index is -1.94. The Bertz CT molecular complexity index is 440. The van der Waals surface area contributed by atoms with E-state index in [0.29, 0.717) is 30.1 Å². The summed E-state index contributed by atoms with van der Waals surface area (Å²) in [5.41, 5.74) is 0.929. The van der Waals surface area contributed by atoms with Crippen LogP contribution in [0.4, 0.5) is 0 Å². The van der Waals surface area contributed by atoms with E-state index in [9.17, 15) is 10.2 Å². The molecule has 0 amide bonds. The van der Waals surface area contributed by atoms with E-state index in [0.717, 1.165) is 12.8 Å². The molecule has 2 N–H and O–H groups in total. The number of rotatable bonds is 2. The second-order valence-corrected chi connectivity index (χ2v) is 4.99. The molecule has 1 aromatic carbocycles. The molecule has 1 saturated heterocycles. The van der Waals surface area contributed by atoms with Gasteiger partial charge in [-0.15, -0.1) is 0 Å². The Morgan fingerprint density at radius 1 is 1.22 bits per heavy atom. The van der Waals surface area contributed by atoms with Crippen LogP contribution >= 0.6 is 0 Å². The molecule has 0 aliphatic carbocycles. The van der Waals surface area contributed by atoms with Crippen LogP contribution in [0.1, 0.15) is 30.9 Å².